The zero-order valence-corrected chi connectivity index (χ0v) is 14.3. The van der Waals surface area contributed by atoms with Gasteiger partial charge in [-0.1, -0.05) is 18.2 Å². The van der Waals surface area contributed by atoms with Crippen LogP contribution in [0.25, 0.3) is 0 Å². The molecule has 4 nitrogen and oxygen atoms in total. The Bertz CT molecular complexity index is 729. The average Bonchev–Trinajstić information content (AvgIpc) is 2.52. The van der Waals surface area contributed by atoms with Crippen molar-refractivity contribution in [3.8, 4) is 5.75 Å². The fraction of sp³-hybridized carbons (Fsp3) is 0.222. The van der Waals surface area contributed by atoms with Crippen LogP contribution in [-0.4, -0.2) is 17.6 Å². The third kappa shape index (κ3) is 4.53. The van der Waals surface area contributed by atoms with Crippen molar-refractivity contribution in [2.45, 2.75) is 20.8 Å². The van der Waals surface area contributed by atoms with Gasteiger partial charge in [0.05, 0.1) is 6.61 Å². The Morgan fingerprint density at radius 3 is 2.65 bits per heavy atom. The highest BCUT2D eigenvalue weighted by Crippen LogP contribution is 2.18. The minimum Gasteiger partial charge on any atom is -0.494 e. The zero-order valence-electron chi connectivity index (χ0n) is 13.5. The fourth-order valence-electron chi connectivity index (χ4n) is 2.11. The van der Waals surface area contributed by atoms with Gasteiger partial charge in [-0.15, -0.1) is 0 Å². The number of hydrogen-bond donors (Lipinski definition) is 2. The van der Waals surface area contributed by atoms with Gasteiger partial charge in [0.2, 0.25) is 0 Å². The quantitative estimate of drug-likeness (QED) is 0.838. The van der Waals surface area contributed by atoms with E-state index >= 15 is 0 Å². The Labute approximate surface area is 141 Å². The second-order valence-electron chi connectivity index (χ2n) is 5.12. The smallest absolute Gasteiger partial charge is 0.257 e. The third-order valence-corrected chi connectivity index (χ3v) is 3.69. The molecule has 2 aromatic carbocycles. The van der Waals surface area contributed by atoms with Gasteiger partial charge in [-0.2, -0.15) is 0 Å². The lowest BCUT2D eigenvalue weighted by Crippen LogP contribution is -2.34. The molecule has 0 heterocycles. The summed E-state index contributed by atoms with van der Waals surface area (Å²) in [5, 5.41) is 6.02. The predicted molar refractivity (Wildman–Crippen MR) is 97.2 cm³/mol. The molecule has 0 atom stereocenters. The molecular formula is C18H20N2O2S. The summed E-state index contributed by atoms with van der Waals surface area (Å²) in [6.45, 7) is 6.49. The first-order valence-corrected chi connectivity index (χ1v) is 7.83. The van der Waals surface area contributed by atoms with Crippen LogP contribution in [0.2, 0.25) is 0 Å². The molecule has 0 aromatic heterocycles. The van der Waals surface area contributed by atoms with Crippen LogP contribution in [0.15, 0.2) is 42.5 Å². The summed E-state index contributed by atoms with van der Waals surface area (Å²) in [6.07, 6.45) is 0. The molecule has 23 heavy (non-hydrogen) atoms. The van der Waals surface area contributed by atoms with Crippen LogP contribution in [0.5, 0.6) is 5.75 Å². The van der Waals surface area contributed by atoms with Crippen molar-refractivity contribution in [3.63, 3.8) is 0 Å². The lowest BCUT2D eigenvalue weighted by molar-refractivity contribution is 0.0977. The van der Waals surface area contributed by atoms with Crippen LogP contribution in [0.4, 0.5) is 5.69 Å². The van der Waals surface area contributed by atoms with Gasteiger partial charge in [0.15, 0.2) is 5.11 Å². The van der Waals surface area contributed by atoms with E-state index in [0.29, 0.717) is 17.9 Å². The molecule has 0 aliphatic carbocycles. The SMILES string of the molecule is CCOc1cccc(C(=O)NC(=S)Nc2cccc(C)c2C)c1. The Morgan fingerprint density at radius 1 is 1.17 bits per heavy atom. The summed E-state index contributed by atoms with van der Waals surface area (Å²) in [5.41, 5.74) is 3.65. The van der Waals surface area contributed by atoms with Crippen molar-refractivity contribution >= 4 is 28.9 Å². The standard InChI is InChI=1S/C18H20N2O2S/c1-4-22-15-9-6-8-14(11-15)17(21)20-18(23)19-16-10-5-7-12(2)13(16)3/h5-11H,4H2,1-3H3,(H2,19,20,21,23). The number of amides is 1. The Kier molecular flexibility index (Phi) is 5.71. The second-order valence-corrected chi connectivity index (χ2v) is 5.52. The molecule has 1 amide bonds. The van der Waals surface area contributed by atoms with E-state index in [2.05, 4.69) is 10.6 Å². The van der Waals surface area contributed by atoms with Gasteiger partial charge in [0, 0.05) is 11.3 Å². The molecular weight excluding hydrogens is 308 g/mol. The predicted octanol–water partition coefficient (Wildman–Crippen LogP) is 3.83. The third-order valence-electron chi connectivity index (χ3n) is 3.49. The number of anilines is 1. The van der Waals surface area contributed by atoms with Gasteiger partial charge in [0.25, 0.3) is 5.91 Å². The highest BCUT2D eigenvalue weighted by Gasteiger charge is 2.10. The van der Waals surface area contributed by atoms with Crippen LogP contribution >= 0.6 is 12.2 Å². The molecule has 2 aromatic rings. The minimum atomic E-state index is -0.269. The molecule has 0 aliphatic rings. The van der Waals surface area contributed by atoms with E-state index in [0.717, 1.165) is 16.8 Å². The molecule has 0 fully saturated rings. The molecule has 0 spiro atoms. The number of carbonyl (C=O) groups is 1. The molecule has 0 bridgehead atoms. The van der Waals surface area contributed by atoms with Gasteiger partial charge in [-0.3, -0.25) is 10.1 Å². The van der Waals surface area contributed by atoms with E-state index in [1.165, 1.54) is 0 Å². The highest BCUT2D eigenvalue weighted by molar-refractivity contribution is 7.80. The molecule has 0 aliphatic heterocycles. The number of hydrogen-bond acceptors (Lipinski definition) is 3. The van der Waals surface area contributed by atoms with Crippen molar-refractivity contribution in [2.24, 2.45) is 0 Å². The minimum absolute atomic E-state index is 0.269. The van der Waals surface area contributed by atoms with Crippen LogP contribution in [0.3, 0.4) is 0 Å². The van der Waals surface area contributed by atoms with E-state index in [1.807, 2.05) is 45.0 Å². The van der Waals surface area contributed by atoms with Gasteiger partial charge < -0.3 is 10.1 Å². The molecule has 120 valence electrons. The van der Waals surface area contributed by atoms with Crippen LogP contribution in [-0.2, 0) is 0 Å². The maximum absolute atomic E-state index is 12.3. The van der Waals surface area contributed by atoms with E-state index in [-0.39, 0.29) is 11.0 Å². The number of ether oxygens (including phenoxy) is 1. The molecule has 0 saturated heterocycles. The topological polar surface area (TPSA) is 50.4 Å². The van der Waals surface area contributed by atoms with Crippen molar-refractivity contribution in [1.29, 1.82) is 0 Å². The van der Waals surface area contributed by atoms with Crippen LogP contribution in [0.1, 0.15) is 28.4 Å². The normalized spacial score (nSPS) is 10.0. The lowest BCUT2D eigenvalue weighted by Gasteiger charge is -2.13. The van der Waals surface area contributed by atoms with Gasteiger partial charge in [-0.05, 0) is 68.4 Å². The summed E-state index contributed by atoms with van der Waals surface area (Å²) >= 11 is 5.22. The largest absolute Gasteiger partial charge is 0.494 e. The maximum atomic E-state index is 12.3. The number of nitrogens with one attached hydrogen (secondary N) is 2. The first-order valence-electron chi connectivity index (χ1n) is 7.42. The summed E-state index contributed by atoms with van der Waals surface area (Å²) in [5.74, 6) is 0.392. The lowest BCUT2D eigenvalue weighted by atomic mass is 10.1. The van der Waals surface area contributed by atoms with E-state index < -0.39 is 0 Å². The van der Waals surface area contributed by atoms with Gasteiger partial charge in [0.1, 0.15) is 5.75 Å². The van der Waals surface area contributed by atoms with Crippen molar-refractivity contribution < 1.29 is 9.53 Å². The summed E-state index contributed by atoms with van der Waals surface area (Å²) in [4.78, 5) is 12.3. The molecule has 0 radical (unpaired) electrons. The second kappa shape index (κ2) is 7.74. The van der Waals surface area contributed by atoms with Crippen LogP contribution in [0, 0.1) is 13.8 Å². The van der Waals surface area contributed by atoms with Crippen molar-refractivity contribution in [2.75, 3.05) is 11.9 Å². The number of aryl methyl sites for hydroxylation is 1. The molecule has 0 unspecified atom stereocenters. The summed E-state index contributed by atoms with van der Waals surface area (Å²) in [7, 11) is 0. The number of thiocarbonyl (C=S) groups is 1. The van der Waals surface area contributed by atoms with Gasteiger partial charge >= 0.3 is 0 Å². The van der Waals surface area contributed by atoms with Crippen LogP contribution < -0.4 is 15.4 Å². The van der Waals surface area contributed by atoms with Gasteiger partial charge in [-0.25, -0.2) is 0 Å². The fourth-order valence-corrected chi connectivity index (χ4v) is 2.31. The van der Waals surface area contributed by atoms with Crippen molar-refractivity contribution in [1.82, 2.24) is 5.32 Å². The first-order chi connectivity index (χ1) is 11.0. The Balaban J connectivity index is 2.03. The molecule has 5 heteroatoms. The summed E-state index contributed by atoms with van der Waals surface area (Å²) < 4.78 is 5.40. The zero-order chi connectivity index (χ0) is 16.8. The number of rotatable bonds is 4. The first kappa shape index (κ1) is 17.0. The Hall–Kier alpha value is -2.40. The summed E-state index contributed by atoms with van der Waals surface area (Å²) in [6, 6.07) is 12.9. The van der Waals surface area contributed by atoms with E-state index in [1.54, 1.807) is 18.2 Å². The van der Waals surface area contributed by atoms with E-state index in [9.17, 15) is 4.79 Å². The maximum Gasteiger partial charge on any atom is 0.257 e. The Morgan fingerprint density at radius 2 is 1.91 bits per heavy atom. The van der Waals surface area contributed by atoms with E-state index in [4.69, 9.17) is 17.0 Å². The van der Waals surface area contributed by atoms with Crippen molar-refractivity contribution in [3.05, 3.63) is 59.2 Å². The monoisotopic (exact) mass is 328 g/mol. The molecule has 2 rings (SSSR count). The highest BCUT2D eigenvalue weighted by atomic mass is 32.1. The molecule has 2 N–H and O–H groups in total. The average molecular weight is 328 g/mol. The number of benzene rings is 2. The molecule has 0 saturated carbocycles. The number of carbonyl (C=O) groups excluding carboxylic acids is 1.